The third-order valence-electron chi connectivity index (χ3n) is 6.51. The molecule has 0 bridgehead atoms. The monoisotopic (exact) mass is 423 g/mol. The van der Waals surface area contributed by atoms with Gasteiger partial charge in [0.2, 0.25) is 5.91 Å². The summed E-state index contributed by atoms with van der Waals surface area (Å²) < 4.78 is 13.3. The Labute approximate surface area is 183 Å². The van der Waals surface area contributed by atoms with Gasteiger partial charge >= 0.3 is 0 Å². The number of piperidine rings is 1. The Bertz CT molecular complexity index is 895. The highest BCUT2D eigenvalue weighted by Gasteiger charge is 2.42. The number of hydrogen-bond donors (Lipinski definition) is 1. The Hall–Kier alpha value is -2.57. The zero-order valence-electron chi connectivity index (χ0n) is 18.0. The average molecular weight is 424 g/mol. The van der Waals surface area contributed by atoms with Crippen LogP contribution in [0.5, 0.6) is 0 Å². The van der Waals surface area contributed by atoms with E-state index in [1.54, 1.807) is 0 Å². The molecule has 0 aliphatic carbocycles. The second kappa shape index (κ2) is 9.71. The number of nitrogens with one attached hydrogen (secondary N) is 1. The Morgan fingerprint density at radius 3 is 2.29 bits per heavy atom. The molecule has 5 nitrogen and oxygen atoms in total. The smallest absolute Gasteiger partial charge is 0.225 e. The zero-order chi connectivity index (χ0) is 21.8. The number of likely N-dealkylation sites (tertiary alicyclic amines) is 2. The molecule has 0 radical (unpaired) electrons. The zero-order valence-corrected chi connectivity index (χ0v) is 18.0. The fourth-order valence-electron chi connectivity index (χ4n) is 4.68. The first-order valence-electron chi connectivity index (χ1n) is 11.0. The molecule has 31 heavy (non-hydrogen) atoms. The lowest BCUT2D eigenvalue weighted by atomic mass is 9.87. The van der Waals surface area contributed by atoms with Gasteiger partial charge in [-0.3, -0.25) is 14.5 Å². The van der Waals surface area contributed by atoms with Crippen LogP contribution < -0.4 is 5.32 Å². The van der Waals surface area contributed by atoms with Crippen LogP contribution in [0, 0.1) is 17.7 Å². The summed E-state index contributed by atoms with van der Waals surface area (Å²) in [5.41, 5.74) is 1.62. The van der Waals surface area contributed by atoms with Gasteiger partial charge in [0, 0.05) is 37.2 Å². The fourth-order valence-corrected chi connectivity index (χ4v) is 4.68. The van der Waals surface area contributed by atoms with Gasteiger partial charge in [-0.1, -0.05) is 30.3 Å². The average Bonchev–Trinajstić information content (AvgIpc) is 3.20. The van der Waals surface area contributed by atoms with Gasteiger partial charge in [0.25, 0.3) is 0 Å². The molecule has 6 heteroatoms. The number of halogens is 1. The lowest BCUT2D eigenvalue weighted by Crippen LogP contribution is -2.47. The number of rotatable bonds is 6. The van der Waals surface area contributed by atoms with Crippen molar-refractivity contribution in [3.05, 3.63) is 71.5 Å². The Morgan fingerprint density at radius 1 is 0.968 bits per heavy atom. The van der Waals surface area contributed by atoms with Gasteiger partial charge in [-0.15, -0.1) is 0 Å². The predicted octanol–water partition coefficient (Wildman–Crippen LogP) is 2.97. The summed E-state index contributed by atoms with van der Waals surface area (Å²) in [6, 6.07) is 15.9. The highest BCUT2D eigenvalue weighted by Crippen LogP contribution is 2.29. The molecule has 2 aliphatic heterocycles. The van der Waals surface area contributed by atoms with Crippen molar-refractivity contribution in [1.29, 1.82) is 0 Å². The van der Waals surface area contributed by atoms with E-state index < -0.39 is 11.8 Å². The summed E-state index contributed by atoms with van der Waals surface area (Å²) in [5, 5.41) is 3.21. The fraction of sp³-hybridized carbons (Fsp3) is 0.440. The summed E-state index contributed by atoms with van der Waals surface area (Å²) in [7, 11) is 2.09. The molecule has 2 fully saturated rings. The minimum atomic E-state index is -0.430. The van der Waals surface area contributed by atoms with Crippen LogP contribution in [0.3, 0.4) is 0 Å². The predicted molar refractivity (Wildman–Crippen MR) is 118 cm³/mol. The molecule has 1 N–H and O–H groups in total. The maximum atomic E-state index is 13.3. The molecule has 4 rings (SSSR count). The summed E-state index contributed by atoms with van der Waals surface area (Å²) in [6.45, 7) is 3.70. The van der Waals surface area contributed by atoms with E-state index in [1.165, 1.54) is 24.3 Å². The van der Waals surface area contributed by atoms with Crippen LogP contribution in [0.25, 0.3) is 0 Å². The van der Waals surface area contributed by atoms with E-state index >= 15 is 0 Å². The van der Waals surface area contributed by atoms with Crippen molar-refractivity contribution in [3.63, 3.8) is 0 Å². The normalized spacial score (nSPS) is 23.0. The van der Waals surface area contributed by atoms with E-state index in [0.717, 1.165) is 31.5 Å². The second-order valence-electron chi connectivity index (χ2n) is 8.85. The van der Waals surface area contributed by atoms with Gasteiger partial charge < -0.3 is 10.2 Å². The third kappa shape index (κ3) is 5.38. The van der Waals surface area contributed by atoms with Gasteiger partial charge in [0.1, 0.15) is 5.82 Å². The van der Waals surface area contributed by atoms with Crippen molar-refractivity contribution in [3.8, 4) is 0 Å². The van der Waals surface area contributed by atoms with Crippen LogP contribution in [0.2, 0.25) is 0 Å². The van der Waals surface area contributed by atoms with Gasteiger partial charge in [-0.25, -0.2) is 4.39 Å². The molecule has 2 heterocycles. The van der Waals surface area contributed by atoms with Gasteiger partial charge in [0.15, 0.2) is 5.78 Å². The Balaban J connectivity index is 1.49. The lowest BCUT2D eigenvalue weighted by molar-refractivity contribution is -0.126. The molecule has 2 aromatic carbocycles. The van der Waals surface area contributed by atoms with Crippen molar-refractivity contribution in [1.82, 2.24) is 15.1 Å². The number of carbonyl (C=O) groups is 2. The number of nitrogens with zero attached hydrogens (tertiary/aromatic N) is 2. The van der Waals surface area contributed by atoms with Crippen molar-refractivity contribution in [2.45, 2.75) is 25.4 Å². The molecule has 0 spiro atoms. The molecule has 1 amide bonds. The summed E-state index contributed by atoms with van der Waals surface area (Å²) in [4.78, 5) is 30.9. The summed E-state index contributed by atoms with van der Waals surface area (Å²) >= 11 is 0. The SMILES string of the molecule is CN1CCC(NC(=O)[C@@H]2CN(Cc3ccccc3)C[C@H]2C(=O)c2ccc(F)cc2)CC1. The minimum Gasteiger partial charge on any atom is -0.353 e. The summed E-state index contributed by atoms with van der Waals surface area (Å²) in [6.07, 6.45) is 1.86. The molecular weight excluding hydrogens is 393 g/mol. The minimum absolute atomic E-state index is 0.0365. The number of hydrogen-bond acceptors (Lipinski definition) is 4. The van der Waals surface area contributed by atoms with Crippen molar-refractivity contribution in [2.75, 3.05) is 33.2 Å². The van der Waals surface area contributed by atoms with Crippen LogP contribution in [0.1, 0.15) is 28.8 Å². The number of ketones is 1. The molecule has 0 aromatic heterocycles. The van der Waals surface area contributed by atoms with Crippen LogP contribution >= 0.6 is 0 Å². The second-order valence-corrected chi connectivity index (χ2v) is 8.85. The van der Waals surface area contributed by atoms with Crippen molar-refractivity contribution >= 4 is 11.7 Å². The molecule has 2 atom stereocenters. The van der Waals surface area contributed by atoms with Crippen LogP contribution in [0.15, 0.2) is 54.6 Å². The number of benzene rings is 2. The topological polar surface area (TPSA) is 52.7 Å². The quantitative estimate of drug-likeness (QED) is 0.726. The van der Waals surface area contributed by atoms with E-state index in [4.69, 9.17) is 0 Å². The highest BCUT2D eigenvalue weighted by molar-refractivity contribution is 6.01. The Morgan fingerprint density at radius 2 is 1.61 bits per heavy atom. The van der Waals surface area contributed by atoms with E-state index in [2.05, 4.69) is 34.3 Å². The Kier molecular flexibility index (Phi) is 6.78. The molecule has 164 valence electrons. The highest BCUT2D eigenvalue weighted by atomic mass is 19.1. The van der Waals surface area contributed by atoms with Gasteiger partial charge in [-0.05, 0) is 62.8 Å². The first-order valence-corrected chi connectivity index (χ1v) is 11.0. The molecule has 2 aliphatic rings. The maximum absolute atomic E-state index is 13.3. The standard InChI is InChI=1S/C25H30FN3O2/c1-28-13-11-21(12-14-28)27-25(31)23-17-29(15-18-5-3-2-4-6-18)16-22(23)24(30)19-7-9-20(26)10-8-19/h2-10,21-23H,11-17H2,1H3,(H,27,31)/t22-,23-/m1/s1. The molecule has 0 unspecified atom stereocenters. The largest absolute Gasteiger partial charge is 0.353 e. The van der Waals surface area contributed by atoms with Gasteiger partial charge in [-0.2, -0.15) is 0 Å². The van der Waals surface area contributed by atoms with Crippen molar-refractivity contribution in [2.24, 2.45) is 11.8 Å². The van der Waals surface area contributed by atoms with E-state index in [9.17, 15) is 14.0 Å². The van der Waals surface area contributed by atoms with Crippen LogP contribution in [-0.4, -0.2) is 60.8 Å². The maximum Gasteiger partial charge on any atom is 0.225 e. The molecule has 2 aromatic rings. The number of carbonyl (C=O) groups excluding carboxylic acids is 2. The first-order chi connectivity index (χ1) is 15.0. The van der Waals surface area contributed by atoms with E-state index in [1.807, 2.05) is 18.2 Å². The molecule has 2 saturated heterocycles. The lowest BCUT2D eigenvalue weighted by Gasteiger charge is -2.30. The molecular formula is C25H30FN3O2. The third-order valence-corrected chi connectivity index (χ3v) is 6.51. The number of Topliss-reactive ketones (excluding diaryl/α,β-unsaturated/α-hetero) is 1. The summed E-state index contributed by atoms with van der Waals surface area (Å²) in [5.74, 6) is -1.32. The van der Waals surface area contributed by atoms with E-state index in [-0.39, 0.29) is 23.5 Å². The first kappa shape index (κ1) is 21.7. The van der Waals surface area contributed by atoms with Crippen LogP contribution in [0.4, 0.5) is 4.39 Å². The van der Waals surface area contributed by atoms with Crippen molar-refractivity contribution < 1.29 is 14.0 Å². The number of amides is 1. The molecule has 0 saturated carbocycles. The van der Waals surface area contributed by atoms with Gasteiger partial charge in [0.05, 0.1) is 5.92 Å². The van der Waals surface area contributed by atoms with E-state index in [0.29, 0.717) is 25.2 Å². The van der Waals surface area contributed by atoms with Crippen LogP contribution in [-0.2, 0) is 11.3 Å².